The Hall–Kier alpha value is -2.04. The topological polar surface area (TPSA) is 94.0 Å². The van der Waals surface area contributed by atoms with Crippen LogP contribution in [0.5, 0.6) is 0 Å². The number of H-pyrrole nitrogens is 1. The minimum Gasteiger partial charge on any atom is -0.437 e. The van der Waals surface area contributed by atoms with Gasteiger partial charge in [-0.3, -0.25) is 14.3 Å². The first-order valence-corrected chi connectivity index (χ1v) is 6.80. The molecule has 0 aliphatic rings. The Labute approximate surface area is 130 Å². The Kier molecular flexibility index (Phi) is 4.50. The van der Waals surface area contributed by atoms with E-state index >= 15 is 0 Å². The number of nitrogens with zero attached hydrogens (tertiary/aromatic N) is 2. The number of ether oxygens (including phenoxy) is 1. The first-order valence-electron chi connectivity index (χ1n) is 5.72. The number of carbonyl (C=O) groups is 1. The van der Waals surface area contributed by atoms with E-state index in [1.165, 1.54) is 13.1 Å². The highest BCUT2D eigenvalue weighted by Gasteiger charge is 2.18. The molecule has 0 saturated heterocycles. The van der Waals surface area contributed by atoms with Gasteiger partial charge >= 0.3 is 11.7 Å². The molecule has 2 rings (SSSR count). The second-order valence-corrected chi connectivity index (χ2v) is 5.14. The molecule has 1 atom stereocenters. The molecule has 0 aromatic carbocycles. The van der Waals surface area contributed by atoms with Gasteiger partial charge in [-0.1, -0.05) is 0 Å². The molecule has 2 aromatic heterocycles. The standard InChI is InChI=1S/C12H9FIN3O4/c1-6(17-5-7(13)10(18)16-12(17)20)21-11(19)9-8(14)3-2-4-15-9/h2-6H,1H3,(H,16,18,20). The summed E-state index contributed by atoms with van der Waals surface area (Å²) in [5, 5.41) is 0. The Morgan fingerprint density at radius 3 is 2.90 bits per heavy atom. The van der Waals surface area contributed by atoms with Crippen molar-refractivity contribution in [2.45, 2.75) is 13.2 Å². The van der Waals surface area contributed by atoms with Gasteiger partial charge in [0, 0.05) is 9.77 Å². The van der Waals surface area contributed by atoms with Gasteiger partial charge in [0.2, 0.25) is 5.82 Å². The van der Waals surface area contributed by atoms with Crippen LogP contribution >= 0.6 is 22.6 Å². The summed E-state index contributed by atoms with van der Waals surface area (Å²) in [6, 6.07) is 3.32. The molecule has 2 aromatic rings. The van der Waals surface area contributed by atoms with Gasteiger partial charge in [-0.05, 0) is 41.6 Å². The highest BCUT2D eigenvalue weighted by molar-refractivity contribution is 14.1. The van der Waals surface area contributed by atoms with Crippen LogP contribution in [0, 0.1) is 9.39 Å². The van der Waals surface area contributed by atoms with Gasteiger partial charge in [-0.25, -0.2) is 14.6 Å². The summed E-state index contributed by atoms with van der Waals surface area (Å²) in [4.78, 5) is 40.1. The molecule has 110 valence electrons. The number of pyridine rings is 1. The third kappa shape index (κ3) is 3.35. The summed E-state index contributed by atoms with van der Waals surface area (Å²) in [7, 11) is 0. The summed E-state index contributed by atoms with van der Waals surface area (Å²) in [5.41, 5.74) is -1.92. The maximum atomic E-state index is 13.2. The van der Waals surface area contributed by atoms with E-state index in [2.05, 4.69) is 4.98 Å². The van der Waals surface area contributed by atoms with Crippen LogP contribution in [-0.4, -0.2) is 20.5 Å². The second-order valence-electron chi connectivity index (χ2n) is 3.98. The molecular weight excluding hydrogens is 396 g/mol. The fourth-order valence-electron chi connectivity index (χ4n) is 1.53. The quantitative estimate of drug-likeness (QED) is 0.609. The molecule has 2 heterocycles. The molecule has 0 radical (unpaired) electrons. The maximum Gasteiger partial charge on any atom is 0.359 e. The Balaban J connectivity index is 2.27. The first-order chi connectivity index (χ1) is 9.90. The lowest BCUT2D eigenvalue weighted by atomic mass is 10.3. The predicted octanol–water partition coefficient (Wildman–Crippen LogP) is 1.05. The minimum atomic E-state index is -1.15. The average molecular weight is 405 g/mol. The molecule has 0 bridgehead atoms. The van der Waals surface area contributed by atoms with Gasteiger partial charge in [0.1, 0.15) is 0 Å². The molecule has 0 saturated carbocycles. The van der Waals surface area contributed by atoms with Crippen molar-refractivity contribution >= 4 is 28.6 Å². The Morgan fingerprint density at radius 1 is 1.52 bits per heavy atom. The monoisotopic (exact) mass is 405 g/mol. The van der Waals surface area contributed by atoms with E-state index in [1.54, 1.807) is 17.1 Å². The molecule has 0 fully saturated rings. The molecule has 21 heavy (non-hydrogen) atoms. The Bertz CT molecular complexity index is 802. The lowest BCUT2D eigenvalue weighted by Gasteiger charge is -2.15. The van der Waals surface area contributed by atoms with Crippen molar-refractivity contribution in [2.75, 3.05) is 0 Å². The normalized spacial score (nSPS) is 12.0. The zero-order chi connectivity index (χ0) is 15.6. The molecule has 1 N–H and O–H groups in total. The van der Waals surface area contributed by atoms with Crippen LogP contribution < -0.4 is 11.2 Å². The molecule has 0 spiro atoms. The van der Waals surface area contributed by atoms with Crippen LogP contribution in [-0.2, 0) is 4.74 Å². The molecule has 1 unspecified atom stereocenters. The summed E-state index contributed by atoms with van der Waals surface area (Å²) in [5.74, 6) is -1.91. The van der Waals surface area contributed by atoms with Gasteiger partial charge in [0.05, 0.1) is 6.20 Å². The van der Waals surface area contributed by atoms with Gasteiger partial charge in [-0.15, -0.1) is 0 Å². The van der Waals surface area contributed by atoms with Crippen LogP contribution in [0.2, 0.25) is 0 Å². The zero-order valence-corrected chi connectivity index (χ0v) is 12.8. The lowest BCUT2D eigenvalue weighted by molar-refractivity contribution is 0.0131. The third-order valence-electron chi connectivity index (χ3n) is 2.55. The number of esters is 1. The molecule has 0 amide bonds. The number of hydrogen-bond acceptors (Lipinski definition) is 5. The number of aromatic amines is 1. The molecular formula is C12H9FIN3O4. The van der Waals surface area contributed by atoms with Gasteiger partial charge < -0.3 is 4.74 Å². The Morgan fingerprint density at radius 2 is 2.24 bits per heavy atom. The van der Waals surface area contributed by atoms with Crippen molar-refractivity contribution in [3.8, 4) is 0 Å². The van der Waals surface area contributed by atoms with Gasteiger partial charge in [0.25, 0.3) is 5.56 Å². The molecule has 7 nitrogen and oxygen atoms in total. The summed E-state index contributed by atoms with van der Waals surface area (Å²) in [6.45, 7) is 1.37. The van der Waals surface area contributed by atoms with Crippen LogP contribution in [0.15, 0.2) is 34.1 Å². The van der Waals surface area contributed by atoms with Gasteiger partial charge in [-0.2, -0.15) is 4.39 Å². The van der Waals surface area contributed by atoms with Crippen molar-refractivity contribution in [1.82, 2.24) is 14.5 Å². The third-order valence-corrected chi connectivity index (χ3v) is 3.42. The predicted molar refractivity (Wildman–Crippen MR) is 78.4 cm³/mol. The van der Waals surface area contributed by atoms with Crippen molar-refractivity contribution in [3.63, 3.8) is 0 Å². The van der Waals surface area contributed by atoms with E-state index in [4.69, 9.17) is 4.74 Å². The number of aromatic nitrogens is 3. The van der Waals surface area contributed by atoms with E-state index in [9.17, 15) is 18.8 Å². The average Bonchev–Trinajstić information content (AvgIpc) is 2.43. The molecule has 0 aliphatic carbocycles. The van der Waals surface area contributed by atoms with Crippen LogP contribution in [0.1, 0.15) is 23.6 Å². The molecule has 9 heteroatoms. The fourth-order valence-corrected chi connectivity index (χ4v) is 2.10. The van der Waals surface area contributed by atoms with Gasteiger partial charge in [0.15, 0.2) is 11.9 Å². The second kappa shape index (κ2) is 6.16. The van der Waals surface area contributed by atoms with Crippen LogP contribution in [0.3, 0.4) is 0 Å². The number of rotatable bonds is 3. The van der Waals surface area contributed by atoms with Crippen molar-refractivity contribution < 1.29 is 13.9 Å². The van der Waals surface area contributed by atoms with Crippen LogP contribution in [0.4, 0.5) is 4.39 Å². The van der Waals surface area contributed by atoms with E-state index in [-0.39, 0.29) is 5.69 Å². The van der Waals surface area contributed by atoms with E-state index in [1.807, 2.05) is 22.6 Å². The smallest absolute Gasteiger partial charge is 0.359 e. The lowest BCUT2D eigenvalue weighted by Crippen LogP contribution is -2.34. The zero-order valence-electron chi connectivity index (χ0n) is 10.7. The summed E-state index contributed by atoms with van der Waals surface area (Å²) in [6.07, 6.45) is 1.01. The first kappa shape index (κ1) is 15.4. The van der Waals surface area contributed by atoms with Crippen molar-refractivity contribution in [3.05, 3.63) is 60.4 Å². The summed E-state index contributed by atoms with van der Waals surface area (Å²) >= 11 is 1.91. The number of carbonyl (C=O) groups excluding carboxylic acids is 1. The number of halogens is 2. The van der Waals surface area contributed by atoms with E-state index in [0.29, 0.717) is 9.77 Å². The summed E-state index contributed by atoms with van der Waals surface area (Å²) < 4.78 is 19.6. The number of hydrogen-bond donors (Lipinski definition) is 1. The highest BCUT2D eigenvalue weighted by atomic mass is 127. The van der Waals surface area contributed by atoms with E-state index in [0.717, 1.165) is 4.57 Å². The highest BCUT2D eigenvalue weighted by Crippen LogP contribution is 2.13. The maximum absolute atomic E-state index is 13.2. The van der Waals surface area contributed by atoms with Crippen molar-refractivity contribution in [1.29, 1.82) is 0 Å². The fraction of sp³-hybridized carbons (Fsp3) is 0.167. The SMILES string of the molecule is CC(OC(=O)c1ncccc1I)n1cc(F)c(=O)[nH]c1=O. The number of nitrogens with one attached hydrogen (secondary N) is 1. The minimum absolute atomic E-state index is 0.0860. The van der Waals surface area contributed by atoms with E-state index < -0.39 is 29.3 Å². The largest absolute Gasteiger partial charge is 0.437 e. The molecule has 0 aliphatic heterocycles. The van der Waals surface area contributed by atoms with Crippen LogP contribution in [0.25, 0.3) is 0 Å². The van der Waals surface area contributed by atoms with Crippen molar-refractivity contribution in [2.24, 2.45) is 0 Å².